The number of benzene rings is 1. The number of carbonyl (C=O) groups is 1. The van der Waals surface area contributed by atoms with Gasteiger partial charge in [-0.25, -0.2) is 0 Å². The summed E-state index contributed by atoms with van der Waals surface area (Å²) < 4.78 is 2.11. The SMILES string of the molecule is CCn1cc(CC(=O)O)c2cc(C(C)(C)C)ccc21. The predicted octanol–water partition coefficient (Wildman–Crippen LogP) is 3.59. The smallest absolute Gasteiger partial charge is 0.307 e. The van der Waals surface area contributed by atoms with Gasteiger partial charge in [0.25, 0.3) is 0 Å². The largest absolute Gasteiger partial charge is 0.481 e. The van der Waals surface area contributed by atoms with Crippen LogP contribution >= 0.6 is 0 Å². The first-order valence-electron chi connectivity index (χ1n) is 6.67. The molecule has 0 aliphatic heterocycles. The molecule has 3 nitrogen and oxygen atoms in total. The molecular weight excluding hydrogens is 238 g/mol. The fraction of sp³-hybridized carbons (Fsp3) is 0.438. The number of hydrogen-bond donors (Lipinski definition) is 1. The molecule has 0 amide bonds. The molecule has 0 saturated heterocycles. The third-order valence-electron chi connectivity index (χ3n) is 3.51. The number of carboxylic acid groups (broad SMARTS) is 1. The molecule has 1 heterocycles. The molecule has 0 aliphatic carbocycles. The lowest BCUT2D eigenvalue weighted by molar-refractivity contribution is -0.136. The maximum absolute atomic E-state index is 11.0. The third-order valence-corrected chi connectivity index (χ3v) is 3.51. The van der Waals surface area contributed by atoms with Crippen LogP contribution in [0, 0.1) is 0 Å². The van der Waals surface area contributed by atoms with Crippen LogP contribution in [0.15, 0.2) is 24.4 Å². The van der Waals surface area contributed by atoms with Gasteiger partial charge in [-0.15, -0.1) is 0 Å². The Morgan fingerprint density at radius 3 is 2.53 bits per heavy atom. The lowest BCUT2D eigenvalue weighted by Crippen LogP contribution is -2.10. The van der Waals surface area contributed by atoms with Crippen LogP contribution in [0.1, 0.15) is 38.8 Å². The molecule has 0 bridgehead atoms. The van der Waals surface area contributed by atoms with E-state index in [-0.39, 0.29) is 11.8 Å². The second kappa shape index (κ2) is 4.72. The molecule has 0 unspecified atom stereocenters. The number of aliphatic carboxylic acids is 1. The Hall–Kier alpha value is -1.77. The van der Waals surface area contributed by atoms with Gasteiger partial charge in [-0.1, -0.05) is 26.8 Å². The van der Waals surface area contributed by atoms with Crippen molar-refractivity contribution in [3.63, 3.8) is 0 Å². The van der Waals surface area contributed by atoms with Crippen molar-refractivity contribution in [2.75, 3.05) is 0 Å². The van der Waals surface area contributed by atoms with Crippen molar-refractivity contribution in [2.45, 2.75) is 46.1 Å². The van der Waals surface area contributed by atoms with Gasteiger partial charge in [0, 0.05) is 23.6 Å². The highest BCUT2D eigenvalue weighted by Gasteiger charge is 2.17. The average Bonchev–Trinajstić information content (AvgIpc) is 2.65. The van der Waals surface area contributed by atoms with Gasteiger partial charge >= 0.3 is 5.97 Å². The summed E-state index contributed by atoms with van der Waals surface area (Å²) in [6.45, 7) is 9.43. The molecule has 0 fully saturated rings. The lowest BCUT2D eigenvalue weighted by Gasteiger charge is -2.19. The fourth-order valence-electron chi connectivity index (χ4n) is 2.40. The Morgan fingerprint density at radius 2 is 2.00 bits per heavy atom. The Labute approximate surface area is 113 Å². The molecule has 2 rings (SSSR count). The van der Waals surface area contributed by atoms with E-state index in [2.05, 4.69) is 50.5 Å². The molecule has 0 spiro atoms. The molecule has 2 aromatic rings. The summed E-state index contributed by atoms with van der Waals surface area (Å²) in [7, 11) is 0. The number of aromatic nitrogens is 1. The van der Waals surface area contributed by atoms with Gasteiger partial charge in [-0.2, -0.15) is 0 Å². The minimum absolute atomic E-state index is 0.0724. The molecule has 19 heavy (non-hydrogen) atoms. The number of fused-ring (bicyclic) bond motifs is 1. The van der Waals surface area contributed by atoms with Crippen molar-refractivity contribution in [3.05, 3.63) is 35.5 Å². The van der Waals surface area contributed by atoms with Crippen LogP contribution in [0.2, 0.25) is 0 Å². The van der Waals surface area contributed by atoms with Crippen LogP contribution in [0.5, 0.6) is 0 Å². The lowest BCUT2D eigenvalue weighted by atomic mass is 9.86. The topological polar surface area (TPSA) is 42.2 Å². The molecule has 1 aromatic heterocycles. The van der Waals surface area contributed by atoms with Gasteiger partial charge in [0.1, 0.15) is 0 Å². The van der Waals surface area contributed by atoms with E-state index in [1.54, 1.807) is 0 Å². The molecule has 0 atom stereocenters. The normalized spacial score (nSPS) is 12.0. The molecule has 1 N–H and O–H groups in total. The minimum atomic E-state index is -0.781. The van der Waals surface area contributed by atoms with Gasteiger partial charge in [0.05, 0.1) is 6.42 Å². The number of nitrogens with zero attached hydrogens (tertiary/aromatic N) is 1. The first kappa shape index (κ1) is 13.7. The van der Waals surface area contributed by atoms with Crippen LogP contribution in [0.3, 0.4) is 0 Å². The number of carboxylic acids is 1. The molecule has 0 radical (unpaired) electrons. The molecule has 1 aromatic carbocycles. The standard InChI is InChI=1S/C16H21NO2/c1-5-17-10-11(8-15(18)19)13-9-12(16(2,3)4)6-7-14(13)17/h6-7,9-10H,5,8H2,1-4H3,(H,18,19). The monoisotopic (exact) mass is 259 g/mol. The van der Waals surface area contributed by atoms with Gasteiger partial charge in [0.15, 0.2) is 0 Å². The van der Waals surface area contributed by atoms with E-state index in [0.29, 0.717) is 0 Å². The predicted molar refractivity (Wildman–Crippen MR) is 77.7 cm³/mol. The minimum Gasteiger partial charge on any atom is -0.481 e. The Morgan fingerprint density at radius 1 is 1.32 bits per heavy atom. The van der Waals surface area contributed by atoms with E-state index in [9.17, 15) is 4.79 Å². The maximum Gasteiger partial charge on any atom is 0.307 e. The molecule has 102 valence electrons. The second-order valence-corrected chi connectivity index (χ2v) is 5.99. The fourth-order valence-corrected chi connectivity index (χ4v) is 2.40. The van der Waals surface area contributed by atoms with Crippen molar-refractivity contribution in [1.29, 1.82) is 0 Å². The summed E-state index contributed by atoms with van der Waals surface area (Å²) in [5, 5.41) is 10.1. The average molecular weight is 259 g/mol. The third kappa shape index (κ3) is 2.65. The van der Waals surface area contributed by atoms with Crippen LogP contribution in [-0.4, -0.2) is 15.6 Å². The van der Waals surface area contributed by atoms with Crippen molar-refractivity contribution in [1.82, 2.24) is 4.57 Å². The van der Waals surface area contributed by atoms with E-state index < -0.39 is 5.97 Å². The zero-order valence-electron chi connectivity index (χ0n) is 12.0. The Balaban J connectivity index is 2.64. The van der Waals surface area contributed by atoms with E-state index in [4.69, 9.17) is 5.11 Å². The zero-order chi connectivity index (χ0) is 14.2. The van der Waals surface area contributed by atoms with Gasteiger partial charge in [0.2, 0.25) is 0 Å². The Kier molecular flexibility index (Phi) is 3.40. The van der Waals surface area contributed by atoms with Crippen LogP contribution in [-0.2, 0) is 23.2 Å². The summed E-state index contributed by atoms with van der Waals surface area (Å²) in [6, 6.07) is 6.38. The van der Waals surface area contributed by atoms with Crippen molar-refractivity contribution < 1.29 is 9.90 Å². The summed E-state index contributed by atoms with van der Waals surface area (Å²) in [5.74, 6) is -0.781. The number of aryl methyl sites for hydroxylation is 1. The maximum atomic E-state index is 11.0. The molecule has 3 heteroatoms. The molecule has 0 aliphatic rings. The van der Waals surface area contributed by atoms with Crippen LogP contribution < -0.4 is 0 Å². The summed E-state index contributed by atoms with van der Waals surface area (Å²) in [4.78, 5) is 11.0. The summed E-state index contributed by atoms with van der Waals surface area (Å²) in [6.07, 6.45) is 2.04. The highest BCUT2D eigenvalue weighted by molar-refractivity contribution is 5.88. The molecular formula is C16H21NO2. The van der Waals surface area contributed by atoms with Gasteiger partial charge < -0.3 is 9.67 Å². The number of rotatable bonds is 3. The number of hydrogen-bond acceptors (Lipinski definition) is 1. The van der Waals surface area contributed by atoms with Gasteiger partial charge in [-0.3, -0.25) is 4.79 Å². The van der Waals surface area contributed by atoms with E-state index in [1.165, 1.54) is 5.56 Å². The highest BCUT2D eigenvalue weighted by atomic mass is 16.4. The zero-order valence-corrected chi connectivity index (χ0v) is 12.0. The van der Waals surface area contributed by atoms with Crippen LogP contribution in [0.25, 0.3) is 10.9 Å². The van der Waals surface area contributed by atoms with E-state index in [1.807, 2.05) is 6.20 Å². The highest BCUT2D eigenvalue weighted by Crippen LogP contribution is 2.29. The van der Waals surface area contributed by atoms with E-state index >= 15 is 0 Å². The second-order valence-electron chi connectivity index (χ2n) is 5.99. The van der Waals surface area contributed by atoms with Gasteiger partial charge in [-0.05, 0) is 35.6 Å². The first-order valence-corrected chi connectivity index (χ1v) is 6.67. The summed E-state index contributed by atoms with van der Waals surface area (Å²) >= 11 is 0. The van der Waals surface area contributed by atoms with Crippen LogP contribution in [0.4, 0.5) is 0 Å². The van der Waals surface area contributed by atoms with Crippen molar-refractivity contribution >= 4 is 16.9 Å². The van der Waals surface area contributed by atoms with E-state index in [0.717, 1.165) is 23.0 Å². The Bertz CT molecular complexity index is 617. The van der Waals surface area contributed by atoms with Crippen molar-refractivity contribution in [2.24, 2.45) is 0 Å². The first-order chi connectivity index (χ1) is 8.82. The van der Waals surface area contributed by atoms with Crippen molar-refractivity contribution in [3.8, 4) is 0 Å². The quantitative estimate of drug-likeness (QED) is 0.915. The molecule has 0 saturated carbocycles. The summed E-state index contributed by atoms with van der Waals surface area (Å²) in [5.41, 5.74) is 3.32.